The summed E-state index contributed by atoms with van der Waals surface area (Å²) in [6.07, 6.45) is 3.57. The summed E-state index contributed by atoms with van der Waals surface area (Å²) in [6.45, 7) is 1.96. The zero-order valence-electron chi connectivity index (χ0n) is 6.41. The van der Waals surface area contributed by atoms with E-state index >= 15 is 0 Å². The van der Waals surface area contributed by atoms with Crippen molar-refractivity contribution in [2.45, 2.75) is 6.92 Å². The SMILES string of the molecule is Cc1ccc2nccn2n1.II. The first-order chi connectivity index (χ1) is 5.86. The van der Waals surface area contributed by atoms with Crippen molar-refractivity contribution < 1.29 is 0 Å². The summed E-state index contributed by atoms with van der Waals surface area (Å²) in [4.78, 5) is 4.06. The summed E-state index contributed by atoms with van der Waals surface area (Å²) >= 11 is 4.24. The van der Waals surface area contributed by atoms with Gasteiger partial charge in [-0.25, -0.2) is 9.50 Å². The molecule has 0 spiro atoms. The Morgan fingerprint density at radius 2 is 2.08 bits per heavy atom. The second-order valence-corrected chi connectivity index (χ2v) is 2.20. The molecule has 0 saturated heterocycles. The molecule has 0 aromatic carbocycles. The fourth-order valence-corrected chi connectivity index (χ4v) is 0.911. The Labute approximate surface area is 93.9 Å². The van der Waals surface area contributed by atoms with Crippen LogP contribution in [0.25, 0.3) is 5.65 Å². The van der Waals surface area contributed by atoms with Crippen LogP contribution < -0.4 is 0 Å². The van der Waals surface area contributed by atoms with Gasteiger partial charge in [-0.2, -0.15) is 5.10 Å². The molecule has 0 radical (unpaired) electrons. The van der Waals surface area contributed by atoms with Crippen LogP contribution in [-0.4, -0.2) is 14.6 Å². The topological polar surface area (TPSA) is 30.2 Å². The number of nitrogens with zero attached hydrogens (tertiary/aromatic N) is 3. The van der Waals surface area contributed by atoms with E-state index in [0.29, 0.717) is 0 Å². The van der Waals surface area contributed by atoms with E-state index in [2.05, 4.69) is 47.3 Å². The van der Waals surface area contributed by atoms with Gasteiger partial charge >= 0.3 is 0 Å². The Morgan fingerprint density at radius 3 is 2.83 bits per heavy atom. The summed E-state index contributed by atoms with van der Waals surface area (Å²) in [7, 11) is 0. The van der Waals surface area contributed by atoms with Crippen molar-refractivity contribution in [3.05, 3.63) is 30.2 Å². The molecule has 64 valence electrons. The van der Waals surface area contributed by atoms with Crippen LogP contribution in [0.1, 0.15) is 5.69 Å². The van der Waals surface area contributed by atoms with Crippen LogP contribution in [0, 0.1) is 6.92 Å². The third-order valence-corrected chi connectivity index (χ3v) is 1.39. The lowest BCUT2D eigenvalue weighted by Crippen LogP contribution is -1.91. The van der Waals surface area contributed by atoms with E-state index in [1.54, 1.807) is 10.7 Å². The van der Waals surface area contributed by atoms with Gasteiger partial charge in [-0.3, -0.25) is 0 Å². The Morgan fingerprint density at radius 1 is 1.33 bits per heavy atom. The maximum Gasteiger partial charge on any atom is 0.153 e. The van der Waals surface area contributed by atoms with Crippen molar-refractivity contribution in [3.63, 3.8) is 0 Å². The first-order valence-corrected chi connectivity index (χ1v) is 9.56. The molecule has 2 heterocycles. The van der Waals surface area contributed by atoms with Crippen molar-refractivity contribution in [3.8, 4) is 0 Å². The Bertz CT molecular complexity index is 358. The maximum atomic E-state index is 4.19. The third-order valence-electron chi connectivity index (χ3n) is 1.39. The molecule has 3 nitrogen and oxygen atoms in total. The van der Waals surface area contributed by atoms with E-state index in [1.807, 2.05) is 25.3 Å². The van der Waals surface area contributed by atoms with Crippen molar-refractivity contribution >= 4 is 42.9 Å². The van der Waals surface area contributed by atoms with Gasteiger partial charge in [-0.05, 0) is 19.1 Å². The fraction of sp³-hybridized carbons (Fsp3) is 0.143. The molecule has 12 heavy (non-hydrogen) atoms. The highest BCUT2D eigenvalue weighted by Gasteiger charge is 1.91. The van der Waals surface area contributed by atoms with Crippen LogP contribution in [0.15, 0.2) is 24.5 Å². The summed E-state index contributed by atoms with van der Waals surface area (Å²) < 4.78 is 1.76. The lowest BCUT2D eigenvalue weighted by molar-refractivity contribution is 0.901. The van der Waals surface area contributed by atoms with Gasteiger partial charge in [-0.15, -0.1) is 0 Å². The molecule has 2 rings (SSSR count). The van der Waals surface area contributed by atoms with Crippen LogP contribution >= 0.6 is 37.2 Å². The number of hydrogen-bond donors (Lipinski definition) is 0. The minimum absolute atomic E-state index is 0.894. The number of imidazole rings is 1. The highest BCUT2D eigenvalue weighted by atomic mass is 128. The van der Waals surface area contributed by atoms with Gasteiger partial charge in [0.1, 0.15) is 0 Å². The molecule has 0 aliphatic heterocycles. The Hall–Kier alpha value is 0.0800. The average Bonchev–Trinajstić information content (AvgIpc) is 2.54. The molecular weight excluding hydrogens is 380 g/mol. The third kappa shape index (κ3) is 2.28. The Balaban J connectivity index is 0.000000336. The summed E-state index contributed by atoms with van der Waals surface area (Å²) in [5.41, 5.74) is 1.90. The molecule has 0 atom stereocenters. The van der Waals surface area contributed by atoms with E-state index in [-0.39, 0.29) is 0 Å². The summed E-state index contributed by atoms with van der Waals surface area (Å²) in [6, 6.07) is 3.89. The van der Waals surface area contributed by atoms with Crippen LogP contribution in [-0.2, 0) is 0 Å². The molecule has 0 aliphatic carbocycles. The van der Waals surface area contributed by atoms with Gasteiger partial charge in [0.2, 0.25) is 0 Å². The van der Waals surface area contributed by atoms with Crippen LogP contribution in [0.3, 0.4) is 0 Å². The van der Waals surface area contributed by atoms with Gasteiger partial charge in [0, 0.05) is 49.6 Å². The molecule has 0 saturated carbocycles. The minimum atomic E-state index is 0.894. The molecule has 2 aromatic rings. The fourth-order valence-electron chi connectivity index (χ4n) is 0.911. The molecule has 0 unspecified atom stereocenters. The predicted molar refractivity (Wildman–Crippen MR) is 65.8 cm³/mol. The lowest BCUT2D eigenvalue weighted by atomic mass is 10.4. The molecule has 0 N–H and O–H groups in total. The summed E-state index contributed by atoms with van der Waals surface area (Å²) in [5, 5.41) is 4.19. The minimum Gasteiger partial charge on any atom is -0.236 e. The lowest BCUT2D eigenvalue weighted by Gasteiger charge is -1.91. The number of fused-ring (bicyclic) bond motifs is 1. The van der Waals surface area contributed by atoms with Gasteiger partial charge in [0.25, 0.3) is 0 Å². The van der Waals surface area contributed by atoms with E-state index in [0.717, 1.165) is 11.3 Å². The second-order valence-electron chi connectivity index (χ2n) is 2.20. The predicted octanol–water partition coefficient (Wildman–Crippen LogP) is 2.81. The molecule has 0 amide bonds. The Kier molecular flexibility index (Phi) is 4.19. The highest BCUT2D eigenvalue weighted by Crippen LogP contribution is 1.97. The quantitative estimate of drug-likeness (QED) is 0.652. The zero-order valence-corrected chi connectivity index (χ0v) is 10.7. The smallest absolute Gasteiger partial charge is 0.153 e. The van der Waals surface area contributed by atoms with E-state index in [4.69, 9.17) is 0 Å². The average molecular weight is 387 g/mol. The van der Waals surface area contributed by atoms with Crippen molar-refractivity contribution in [1.29, 1.82) is 0 Å². The molecule has 0 fully saturated rings. The van der Waals surface area contributed by atoms with Gasteiger partial charge in [0.05, 0.1) is 5.69 Å². The van der Waals surface area contributed by atoms with E-state index in [9.17, 15) is 0 Å². The van der Waals surface area contributed by atoms with E-state index < -0.39 is 0 Å². The first kappa shape index (κ1) is 10.2. The molecule has 0 bridgehead atoms. The number of aromatic nitrogens is 3. The molecule has 2 aromatic heterocycles. The maximum absolute atomic E-state index is 4.19. The standard InChI is InChI=1S/C7H7N3.I2/c1-6-2-3-7-8-4-5-10(7)9-6;1-2/h2-5H,1H3;. The number of rotatable bonds is 0. The van der Waals surface area contributed by atoms with Crippen molar-refractivity contribution in [2.75, 3.05) is 0 Å². The van der Waals surface area contributed by atoms with Crippen LogP contribution in [0.2, 0.25) is 0 Å². The largest absolute Gasteiger partial charge is 0.236 e. The number of hydrogen-bond acceptors (Lipinski definition) is 2. The zero-order chi connectivity index (χ0) is 8.97. The van der Waals surface area contributed by atoms with Crippen LogP contribution in [0.5, 0.6) is 0 Å². The summed E-state index contributed by atoms with van der Waals surface area (Å²) in [5.74, 6) is 0. The van der Waals surface area contributed by atoms with Crippen molar-refractivity contribution in [1.82, 2.24) is 14.6 Å². The first-order valence-electron chi connectivity index (χ1n) is 3.27. The second kappa shape index (κ2) is 4.95. The molecule has 5 heteroatoms. The van der Waals surface area contributed by atoms with Crippen molar-refractivity contribution in [2.24, 2.45) is 0 Å². The number of aryl methyl sites for hydroxylation is 1. The molecular formula is C7H7I2N3. The monoisotopic (exact) mass is 387 g/mol. The van der Waals surface area contributed by atoms with Crippen LogP contribution in [0.4, 0.5) is 0 Å². The highest BCUT2D eigenvalue weighted by molar-refractivity contribution is 15.0. The number of halogens is 2. The van der Waals surface area contributed by atoms with Gasteiger partial charge < -0.3 is 0 Å². The van der Waals surface area contributed by atoms with Gasteiger partial charge in [-0.1, -0.05) is 0 Å². The van der Waals surface area contributed by atoms with E-state index in [1.165, 1.54) is 0 Å². The molecule has 0 aliphatic rings. The normalized spacial score (nSPS) is 9.25. The van der Waals surface area contributed by atoms with Gasteiger partial charge in [0.15, 0.2) is 5.65 Å².